The minimum atomic E-state index is -4.44. The normalized spacial score (nSPS) is 11.7. The average Bonchev–Trinajstić information content (AvgIpc) is 2.25. The van der Waals surface area contributed by atoms with Gasteiger partial charge in [-0.2, -0.15) is 13.2 Å². The first-order chi connectivity index (χ1) is 9.26. The minimum Gasteiger partial charge on any atom is -0.492 e. The first kappa shape index (κ1) is 16.8. The second-order valence-electron chi connectivity index (χ2n) is 4.03. The Morgan fingerprint density at radius 3 is 2.65 bits per heavy atom. The Hall–Kier alpha value is -1.28. The molecule has 0 aliphatic carbocycles. The van der Waals surface area contributed by atoms with Crippen LogP contribution in [-0.4, -0.2) is 48.4 Å². The molecule has 1 N–H and O–H groups in total. The van der Waals surface area contributed by atoms with E-state index in [-0.39, 0.29) is 13.2 Å². The van der Waals surface area contributed by atoms with Crippen molar-refractivity contribution in [2.24, 2.45) is 0 Å². The zero-order valence-electron chi connectivity index (χ0n) is 10.4. The summed E-state index contributed by atoms with van der Waals surface area (Å²) < 4.78 is 42.9. The lowest BCUT2D eigenvalue weighted by atomic mass is 10.3. The van der Waals surface area contributed by atoms with Gasteiger partial charge in [0.15, 0.2) is 0 Å². The second-order valence-corrected chi connectivity index (χ2v) is 4.94. The van der Waals surface area contributed by atoms with E-state index in [9.17, 15) is 18.0 Å². The quantitative estimate of drug-likeness (QED) is 0.816. The van der Waals surface area contributed by atoms with Crippen LogP contribution in [0.1, 0.15) is 0 Å². The summed E-state index contributed by atoms with van der Waals surface area (Å²) in [5.74, 6) is -0.807. The molecule has 1 aromatic rings. The molecule has 20 heavy (non-hydrogen) atoms. The van der Waals surface area contributed by atoms with Gasteiger partial charge in [-0.25, -0.2) is 0 Å². The molecule has 0 amide bonds. The smallest absolute Gasteiger partial charge is 0.401 e. The Bertz CT molecular complexity index is 454. The maximum absolute atomic E-state index is 12.3. The Morgan fingerprint density at radius 1 is 1.40 bits per heavy atom. The van der Waals surface area contributed by atoms with E-state index in [0.717, 1.165) is 9.37 Å². The largest absolute Gasteiger partial charge is 0.492 e. The molecule has 0 unspecified atom stereocenters. The van der Waals surface area contributed by atoms with Gasteiger partial charge in [0.25, 0.3) is 0 Å². The summed E-state index contributed by atoms with van der Waals surface area (Å²) in [6, 6.07) is 6.85. The third kappa shape index (κ3) is 7.34. The number of hydrogen-bond acceptors (Lipinski definition) is 3. The van der Waals surface area contributed by atoms with Gasteiger partial charge in [0.2, 0.25) is 0 Å². The van der Waals surface area contributed by atoms with E-state index in [4.69, 9.17) is 9.84 Å². The number of rotatable bonds is 7. The van der Waals surface area contributed by atoms with Crippen LogP contribution in [0, 0.1) is 0 Å². The van der Waals surface area contributed by atoms with Crippen molar-refractivity contribution in [2.45, 2.75) is 6.18 Å². The van der Waals surface area contributed by atoms with Crippen LogP contribution in [0.4, 0.5) is 13.2 Å². The minimum absolute atomic E-state index is 0.0280. The van der Waals surface area contributed by atoms with E-state index in [1.807, 2.05) is 0 Å². The molecule has 0 heterocycles. The predicted octanol–water partition coefficient (Wildman–Crippen LogP) is 2.78. The molecule has 0 aliphatic rings. The number of ether oxygens (including phenoxy) is 1. The number of carboxylic acids is 1. The van der Waals surface area contributed by atoms with Crippen LogP contribution in [-0.2, 0) is 4.79 Å². The number of alkyl halides is 3. The van der Waals surface area contributed by atoms with Crippen LogP contribution < -0.4 is 4.74 Å². The van der Waals surface area contributed by atoms with Crippen LogP contribution >= 0.6 is 15.9 Å². The predicted molar refractivity (Wildman–Crippen MR) is 69.8 cm³/mol. The van der Waals surface area contributed by atoms with Gasteiger partial charge in [-0.15, -0.1) is 0 Å². The van der Waals surface area contributed by atoms with Crippen molar-refractivity contribution >= 4 is 21.9 Å². The van der Waals surface area contributed by atoms with Crippen molar-refractivity contribution in [1.82, 2.24) is 4.90 Å². The van der Waals surface area contributed by atoms with Gasteiger partial charge in [-0.05, 0) is 18.2 Å². The number of hydrogen-bond donors (Lipinski definition) is 1. The summed E-state index contributed by atoms with van der Waals surface area (Å²) >= 11 is 3.24. The monoisotopic (exact) mass is 355 g/mol. The lowest BCUT2D eigenvalue weighted by molar-refractivity contribution is -0.154. The highest BCUT2D eigenvalue weighted by Gasteiger charge is 2.31. The molecule has 0 bridgehead atoms. The van der Waals surface area contributed by atoms with Gasteiger partial charge in [0, 0.05) is 11.0 Å². The van der Waals surface area contributed by atoms with E-state index in [2.05, 4.69) is 15.9 Å². The van der Waals surface area contributed by atoms with Crippen molar-refractivity contribution in [3.05, 3.63) is 28.7 Å². The molecule has 8 heteroatoms. The van der Waals surface area contributed by atoms with Crippen molar-refractivity contribution < 1.29 is 27.8 Å². The van der Waals surface area contributed by atoms with E-state index >= 15 is 0 Å². The maximum Gasteiger partial charge on any atom is 0.401 e. The fourth-order valence-electron chi connectivity index (χ4n) is 1.51. The molecule has 112 valence electrons. The van der Waals surface area contributed by atoms with E-state index < -0.39 is 25.2 Å². The molecule has 0 spiro atoms. The number of nitrogens with zero attached hydrogens (tertiary/aromatic N) is 1. The summed E-state index contributed by atoms with van der Waals surface area (Å²) in [4.78, 5) is 11.3. The fourth-order valence-corrected chi connectivity index (χ4v) is 1.89. The summed E-state index contributed by atoms with van der Waals surface area (Å²) in [5.41, 5.74) is 0. The molecule has 0 aromatic heterocycles. The van der Waals surface area contributed by atoms with Gasteiger partial charge >= 0.3 is 12.1 Å². The Kier molecular flexibility index (Phi) is 6.28. The van der Waals surface area contributed by atoms with Crippen LogP contribution in [0.5, 0.6) is 5.75 Å². The number of carboxylic acid groups (broad SMARTS) is 1. The van der Waals surface area contributed by atoms with E-state index in [1.165, 1.54) is 0 Å². The van der Waals surface area contributed by atoms with Crippen LogP contribution in [0.3, 0.4) is 0 Å². The topological polar surface area (TPSA) is 49.8 Å². The van der Waals surface area contributed by atoms with E-state index in [0.29, 0.717) is 5.75 Å². The summed E-state index contributed by atoms with van der Waals surface area (Å²) in [6.45, 7) is -2.11. The van der Waals surface area contributed by atoms with Gasteiger partial charge in [-0.1, -0.05) is 22.0 Å². The highest BCUT2D eigenvalue weighted by atomic mass is 79.9. The SMILES string of the molecule is O=C(O)CN(CCOc1cccc(Br)c1)CC(F)(F)F. The number of halogens is 4. The number of aliphatic carboxylic acids is 1. The molecule has 1 rings (SSSR count). The second kappa shape index (κ2) is 7.49. The molecule has 4 nitrogen and oxygen atoms in total. The Balaban J connectivity index is 2.47. The first-order valence-electron chi connectivity index (χ1n) is 5.65. The lowest BCUT2D eigenvalue weighted by Crippen LogP contribution is -2.40. The molecule has 0 saturated heterocycles. The third-order valence-corrected chi connectivity index (χ3v) is 2.73. The maximum atomic E-state index is 12.3. The molecule has 0 atom stereocenters. The average molecular weight is 356 g/mol. The molecular formula is C12H13BrF3NO3. The standard InChI is InChI=1S/C12H13BrF3NO3/c13-9-2-1-3-10(6-9)20-5-4-17(7-11(18)19)8-12(14,15)16/h1-3,6H,4-5,7-8H2,(H,18,19). The van der Waals surface area contributed by atoms with Gasteiger partial charge in [-0.3, -0.25) is 9.69 Å². The molecule has 0 aliphatic heterocycles. The van der Waals surface area contributed by atoms with Gasteiger partial charge < -0.3 is 9.84 Å². The zero-order valence-corrected chi connectivity index (χ0v) is 11.9. The van der Waals surface area contributed by atoms with Crippen LogP contribution in [0.25, 0.3) is 0 Å². The highest BCUT2D eigenvalue weighted by molar-refractivity contribution is 9.10. The molecule has 0 saturated carbocycles. The Morgan fingerprint density at radius 2 is 2.10 bits per heavy atom. The van der Waals surface area contributed by atoms with Crippen molar-refractivity contribution in [1.29, 1.82) is 0 Å². The van der Waals surface area contributed by atoms with Gasteiger partial charge in [0.05, 0.1) is 13.1 Å². The summed E-state index contributed by atoms with van der Waals surface area (Å²) in [7, 11) is 0. The molecule has 0 fully saturated rings. The van der Waals surface area contributed by atoms with Crippen molar-refractivity contribution in [2.75, 3.05) is 26.2 Å². The van der Waals surface area contributed by atoms with Gasteiger partial charge in [0.1, 0.15) is 12.4 Å². The summed E-state index contributed by atoms with van der Waals surface area (Å²) in [5, 5.41) is 8.58. The Labute approximate surface area is 122 Å². The fraction of sp³-hybridized carbons (Fsp3) is 0.417. The first-order valence-corrected chi connectivity index (χ1v) is 6.45. The highest BCUT2D eigenvalue weighted by Crippen LogP contribution is 2.18. The molecular weight excluding hydrogens is 343 g/mol. The third-order valence-electron chi connectivity index (χ3n) is 2.23. The number of carbonyl (C=O) groups is 1. The number of benzene rings is 1. The summed E-state index contributed by atoms with van der Waals surface area (Å²) in [6.07, 6.45) is -4.44. The van der Waals surface area contributed by atoms with Crippen molar-refractivity contribution in [3.8, 4) is 5.75 Å². The van der Waals surface area contributed by atoms with E-state index in [1.54, 1.807) is 24.3 Å². The zero-order chi connectivity index (χ0) is 15.2. The van der Waals surface area contributed by atoms with Crippen LogP contribution in [0.2, 0.25) is 0 Å². The molecule has 0 radical (unpaired) electrons. The van der Waals surface area contributed by atoms with Crippen LogP contribution in [0.15, 0.2) is 28.7 Å². The lowest BCUT2D eigenvalue weighted by Gasteiger charge is -2.21. The van der Waals surface area contributed by atoms with Crippen molar-refractivity contribution in [3.63, 3.8) is 0 Å². The molecule has 1 aromatic carbocycles.